The average molecular weight is 314 g/mol. The predicted molar refractivity (Wildman–Crippen MR) is 76.8 cm³/mol. The number of urea groups is 2. The van der Waals surface area contributed by atoms with E-state index in [9.17, 15) is 14.4 Å². The van der Waals surface area contributed by atoms with Crippen molar-refractivity contribution in [3.05, 3.63) is 34.9 Å². The van der Waals surface area contributed by atoms with E-state index >= 15 is 0 Å². The molecule has 1 aromatic rings. The Kier molecular flexibility index (Phi) is 5.98. The molecule has 0 aromatic heterocycles. The third kappa shape index (κ3) is 5.31. The standard InChI is InChI=1S/C13H16ClN3O4/c1-8(11(18)19)7-17(12(15)20)13(21)16-6-9-2-4-10(14)5-3-9/h2-5,8H,6-7H2,1H3,(H2,15,20)(H,16,21)(H,18,19)/t8-/m0/s1. The van der Waals surface area contributed by atoms with Crippen LogP contribution in [0.3, 0.4) is 0 Å². The predicted octanol–water partition coefficient (Wildman–Crippen LogP) is 1.65. The van der Waals surface area contributed by atoms with Crippen molar-refractivity contribution >= 4 is 29.6 Å². The van der Waals surface area contributed by atoms with E-state index < -0.39 is 23.9 Å². The Morgan fingerprint density at radius 3 is 2.38 bits per heavy atom. The number of halogens is 1. The lowest BCUT2D eigenvalue weighted by molar-refractivity contribution is -0.141. The highest BCUT2D eigenvalue weighted by Crippen LogP contribution is 2.09. The molecule has 1 rings (SSSR count). The maximum atomic E-state index is 11.9. The van der Waals surface area contributed by atoms with Gasteiger partial charge in [-0.25, -0.2) is 14.5 Å². The average Bonchev–Trinajstić information content (AvgIpc) is 2.43. The summed E-state index contributed by atoms with van der Waals surface area (Å²) >= 11 is 5.74. The number of carboxylic acid groups (broad SMARTS) is 1. The third-order valence-electron chi connectivity index (χ3n) is 2.75. The van der Waals surface area contributed by atoms with Crippen LogP contribution in [0.15, 0.2) is 24.3 Å². The van der Waals surface area contributed by atoms with Gasteiger partial charge in [0.05, 0.1) is 5.92 Å². The molecule has 0 heterocycles. The van der Waals surface area contributed by atoms with Crippen molar-refractivity contribution in [3.8, 4) is 0 Å². The molecule has 4 N–H and O–H groups in total. The van der Waals surface area contributed by atoms with E-state index in [1.54, 1.807) is 24.3 Å². The van der Waals surface area contributed by atoms with Gasteiger partial charge in [-0.3, -0.25) is 4.79 Å². The van der Waals surface area contributed by atoms with Crippen LogP contribution in [-0.2, 0) is 11.3 Å². The van der Waals surface area contributed by atoms with Crippen molar-refractivity contribution < 1.29 is 19.5 Å². The Morgan fingerprint density at radius 2 is 1.90 bits per heavy atom. The van der Waals surface area contributed by atoms with Gasteiger partial charge in [0.25, 0.3) is 0 Å². The summed E-state index contributed by atoms with van der Waals surface area (Å²) in [4.78, 5) is 34.5. The molecule has 7 nitrogen and oxygen atoms in total. The molecule has 0 saturated heterocycles. The first-order chi connectivity index (χ1) is 9.81. The van der Waals surface area contributed by atoms with Gasteiger partial charge in [0.2, 0.25) is 0 Å². The van der Waals surface area contributed by atoms with Gasteiger partial charge in [0.1, 0.15) is 0 Å². The third-order valence-corrected chi connectivity index (χ3v) is 3.00. The zero-order valence-electron chi connectivity index (χ0n) is 11.4. The van der Waals surface area contributed by atoms with Gasteiger partial charge in [0.15, 0.2) is 0 Å². The summed E-state index contributed by atoms with van der Waals surface area (Å²) in [7, 11) is 0. The Bertz CT molecular complexity index is 533. The fraction of sp³-hybridized carbons (Fsp3) is 0.308. The number of nitrogens with two attached hydrogens (primary N) is 1. The van der Waals surface area contributed by atoms with Crippen LogP contribution in [0, 0.1) is 5.92 Å². The molecule has 4 amide bonds. The molecule has 21 heavy (non-hydrogen) atoms. The van der Waals surface area contributed by atoms with Crippen LogP contribution in [0.5, 0.6) is 0 Å². The van der Waals surface area contributed by atoms with Gasteiger partial charge in [0, 0.05) is 18.1 Å². The summed E-state index contributed by atoms with van der Waals surface area (Å²) in [5.41, 5.74) is 5.87. The van der Waals surface area contributed by atoms with Gasteiger partial charge in [-0.1, -0.05) is 30.7 Å². The zero-order chi connectivity index (χ0) is 16.0. The molecule has 0 bridgehead atoms. The maximum Gasteiger partial charge on any atom is 0.325 e. The van der Waals surface area contributed by atoms with Gasteiger partial charge in [-0.15, -0.1) is 0 Å². The van der Waals surface area contributed by atoms with Crippen molar-refractivity contribution in [2.75, 3.05) is 6.54 Å². The number of nitrogens with zero attached hydrogens (tertiary/aromatic N) is 1. The molecule has 0 fully saturated rings. The lowest BCUT2D eigenvalue weighted by Crippen LogP contribution is -2.48. The SMILES string of the molecule is C[C@@H](CN(C(N)=O)C(=O)NCc1ccc(Cl)cc1)C(=O)O. The number of imide groups is 1. The van der Waals surface area contributed by atoms with Crippen molar-refractivity contribution in [3.63, 3.8) is 0 Å². The second kappa shape index (κ2) is 7.49. The Labute approximate surface area is 126 Å². The Morgan fingerprint density at radius 1 is 1.33 bits per heavy atom. The van der Waals surface area contributed by atoms with Crippen molar-refractivity contribution in [1.29, 1.82) is 0 Å². The molecule has 1 aromatic carbocycles. The van der Waals surface area contributed by atoms with Crippen LogP contribution in [0.1, 0.15) is 12.5 Å². The number of nitrogens with one attached hydrogen (secondary N) is 1. The first kappa shape index (κ1) is 16.8. The smallest absolute Gasteiger partial charge is 0.325 e. The number of amides is 4. The number of aliphatic carboxylic acids is 1. The highest BCUT2D eigenvalue weighted by atomic mass is 35.5. The van der Waals surface area contributed by atoms with Crippen molar-refractivity contribution in [2.45, 2.75) is 13.5 Å². The molecule has 0 aliphatic carbocycles. The number of benzene rings is 1. The maximum absolute atomic E-state index is 11.9. The van der Waals surface area contributed by atoms with Crippen LogP contribution < -0.4 is 11.1 Å². The van der Waals surface area contributed by atoms with Crippen molar-refractivity contribution in [2.24, 2.45) is 11.7 Å². The molecule has 0 radical (unpaired) electrons. The minimum Gasteiger partial charge on any atom is -0.481 e. The molecule has 0 saturated carbocycles. The quantitative estimate of drug-likeness (QED) is 0.767. The van der Waals surface area contributed by atoms with Gasteiger partial charge in [-0.05, 0) is 17.7 Å². The van der Waals surface area contributed by atoms with E-state index in [4.69, 9.17) is 22.4 Å². The minimum atomic E-state index is -1.12. The summed E-state index contributed by atoms with van der Waals surface area (Å²) in [6.07, 6.45) is 0. The lowest BCUT2D eigenvalue weighted by Gasteiger charge is -2.21. The monoisotopic (exact) mass is 313 g/mol. The fourth-order valence-corrected chi connectivity index (χ4v) is 1.63. The van der Waals surface area contributed by atoms with E-state index in [2.05, 4.69) is 5.32 Å². The molecule has 0 spiro atoms. The first-order valence-corrected chi connectivity index (χ1v) is 6.51. The molecular formula is C13H16ClN3O4. The largest absolute Gasteiger partial charge is 0.481 e. The summed E-state index contributed by atoms with van der Waals surface area (Å²) in [6.45, 7) is 1.25. The molecule has 0 aliphatic heterocycles. The van der Waals surface area contributed by atoms with Crippen molar-refractivity contribution in [1.82, 2.24) is 10.2 Å². The summed E-state index contributed by atoms with van der Waals surface area (Å²) in [5.74, 6) is -2.02. The zero-order valence-corrected chi connectivity index (χ0v) is 12.1. The van der Waals surface area contributed by atoms with E-state index in [1.165, 1.54) is 6.92 Å². The molecule has 8 heteroatoms. The van der Waals surface area contributed by atoms with Gasteiger partial charge < -0.3 is 16.2 Å². The number of primary amides is 1. The summed E-state index contributed by atoms with van der Waals surface area (Å²) in [6, 6.07) is 5.03. The molecule has 1 atom stereocenters. The van der Waals surface area contributed by atoms with Crippen LogP contribution >= 0.6 is 11.6 Å². The van der Waals surface area contributed by atoms with Crippen LogP contribution in [0.4, 0.5) is 9.59 Å². The normalized spacial score (nSPS) is 11.5. The lowest BCUT2D eigenvalue weighted by atomic mass is 10.2. The molecule has 114 valence electrons. The van der Waals surface area contributed by atoms with Crippen LogP contribution in [0.2, 0.25) is 5.02 Å². The first-order valence-electron chi connectivity index (χ1n) is 6.13. The molecule has 0 aliphatic rings. The number of carbonyl (C=O) groups excluding carboxylic acids is 2. The summed E-state index contributed by atoms with van der Waals surface area (Å²) in [5, 5.41) is 11.9. The Hall–Kier alpha value is -2.28. The number of carboxylic acids is 1. The van der Waals surface area contributed by atoms with E-state index in [-0.39, 0.29) is 13.1 Å². The number of rotatable bonds is 5. The highest BCUT2D eigenvalue weighted by molar-refractivity contribution is 6.30. The fourth-order valence-electron chi connectivity index (χ4n) is 1.50. The number of carbonyl (C=O) groups is 3. The number of hydrogen-bond acceptors (Lipinski definition) is 3. The van der Waals surface area contributed by atoms with Gasteiger partial charge >= 0.3 is 18.0 Å². The second-order valence-electron chi connectivity index (χ2n) is 4.47. The number of hydrogen-bond donors (Lipinski definition) is 3. The van der Waals surface area contributed by atoms with E-state index in [0.29, 0.717) is 9.92 Å². The highest BCUT2D eigenvalue weighted by Gasteiger charge is 2.24. The van der Waals surface area contributed by atoms with Gasteiger partial charge in [-0.2, -0.15) is 0 Å². The summed E-state index contributed by atoms with van der Waals surface area (Å²) < 4.78 is 0. The van der Waals surface area contributed by atoms with Crippen LogP contribution in [0.25, 0.3) is 0 Å². The molecule has 0 unspecified atom stereocenters. The topological polar surface area (TPSA) is 113 Å². The second-order valence-corrected chi connectivity index (χ2v) is 4.91. The van der Waals surface area contributed by atoms with E-state index in [0.717, 1.165) is 5.56 Å². The van der Waals surface area contributed by atoms with Crippen LogP contribution in [-0.4, -0.2) is 34.6 Å². The minimum absolute atomic E-state index is 0.168. The van der Waals surface area contributed by atoms with E-state index in [1.807, 2.05) is 0 Å². The Balaban J connectivity index is 2.63. The molecular weight excluding hydrogens is 298 g/mol.